The Morgan fingerprint density at radius 2 is 2.04 bits per heavy atom. The molecule has 0 atom stereocenters. The summed E-state index contributed by atoms with van der Waals surface area (Å²) in [6, 6.07) is 6.03. The summed E-state index contributed by atoms with van der Waals surface area (Å²) in [5, 5.41) is 11.2. The zero-order chi connectivity index (χ0) is 19.3. The van der Waals surface area contributed by atoms with E-state index in [4.69, 9.17) is 5.41 Å². The van der Waals surface area contributed by atoms with Gasteiger partial charge in [-0.3, -0.25) is 5.41 Å². The number of alkyl halides is 3. The number of benzene rings is 1. The Balaban J connectivity index is 1.62. The highest BCUT2D eigenvalue weighted by atomic mass is 19.4. The summed E-state index contributed by atoms with van der Waals surface area (Å²) >= 11 is 0. The molecule has 144 valence electrons. The minimum atomic E-state index is -4.73. The molecule has 1 aliphatic carbocycles. The van der Waals surface area contributed by atoms with Crippen molar-refractivity contribution in [2.24, 2.45) is 0 Å². The summed E-state index contributed by atoms with van der Waals surface area (Å²) in [6.07, 6.45) is 5.89. The molecule has 0 spiro atoms. The van der Waals surface area contributed by atoms with Crippen LogP contribution in [0.3, 0.4) is 0 Å². The molecule has 8 heteroatoms. The maximum Gasteiger partial charge on any atom is 0.573 e. The van der Waals surface area contributed by atoms with E-state index in [0.29, 0.717) is 29.0 Å². The number of amidine groups is 1. The van der Waals surface area contributed by atoms with Crippen molar-refractivity contribution in [1.82, 2.24) is 15.3 Å². The van der Waals surface area contributed by atoms with Gasteiger partial charge in [0.2, 0.25) is 0 Å². The van der Waals surface area contributed by atoms with Crippen molar-refractivity contribution in [1.29, 1.82) is 5.41 Å². The molecule has 2 aromatic rings. The molecule has 1 heterocycles. The van der Waals surface area contributed by atoms with E-state index >= 15 is 0 Å². The van der Waals surface area contributed by atoms with E-state index in [0.717, 1.165) is 12.8 Å². The van der Waals surface area contributed by atoms with Crippen molar-refractivity contribution in [2.45, 2.75) is 44.5 Å². The summed E-state index contributed by atoms with van der Waals surface area (Å²) in [5.74, 6) is 0.549. The number of ether oxygens (including phenoxy) is 1. The van der Waals surface area contributed by atoms with Crippen LogP contribution in [-0.4, -0.2) is 28.2 Å². The second-order valence-corrected chi connectivity index (χ2v) is 6.48. The van der Waals surface area contributed by atoms with Crippen molar-refractivity contribution < 1.29 is 17.9 Å². The summed E-state index contributed by atoms with van der Waals surface area (Å²) < 4.78 is 41.0. The monoisotopic (exact) mass is 378 g/mol. The van der Waals surface area contributed by atoms with Gasteiger partial charge >= 0.3 is 6.36 Å². The van der Waals surface area contributed by atoms with Crippen LogP contribution >= 0.6 is 0 Å². The SMILES string of the molecule is N=C(/C=C\c1ncc(-c2cccc(OC(F)(F)F)c2)[nH]1)NC1CCCCC1. The molecule has 3 N–H and O–H groups in total. The van der Waals surface area contributed by atoms with Crippen LogP contribution in [0.15, 0.2) is 36.5 Å². The van der Waals surface area contributed by atoms with Crippen LogP contribution in [-0.2, 0) is 0 Å². The first-order valence-corrected chi connectivity index (χ1v) is 8.83. The molecule has 0 unspecified atom stereocenters. The van der Waals surface area contributed by atoms with Crippen LogP contribution in [0.5, 0.6) is 5.75 Å². The number of aromatic amines is 1. The minimum absolute atomic E-state index is 0.287. The van der Waals surface area contributed by atoms with E-state index in [9.17, 15) is 13.2 Å². The maximum atomic E-state index is 12.3. The second-order valence-electron chi connectivity index (χ2n) is 6.48. The van der Waals surface area contributed by atoms with Crippen LogP contribution in [0.1, 0.15) is 37.9 Å². The minimum Gasteiger partial charge on any atom is -0.406 e. The van der Waals surface area contributed by atoms with Gasteiger partial charge in [0, 0.05) is 11.6 Å². The number of imidazole rings is 1. The van der Waals surface area contributed by atoms with E-state index in [2.05, 4.69) is 20.0 Å². The highest BCUT2D eigenvalue weighted by molar-refractivity contribution is 5.93. The standard InChI is InChI=1S/C19H21F3N4O/c20-19(21,22)27-15-8-4-5-13(11-15)16-12-24-18(26-16)10-9-17(23)25-14-6-2-1-3-7-14/h4-5,8-12,14H,1-3,6-7H2,(H2,23,25)(H,24,26)/b10-9-. The van der Waals surface area contributed by atoms with Gasteiger partial charge in [0.1, 0.15) is 17.4 Å². The van der Waals surface area contributed by atoms with Gasteiger partial charge in [-0.05, 0) is 37.1 Å². The highest BCUT2D eigenvalue weighted by Gasteiger charge is 2.31. The Bertz CT molecular complexity index is 807. The second kappa shape index (κ2) is 8.28. The van der Waals surface area contributed by atoms with Crippen LogP contribution in [0.2, 0.25) is 0 Å². The van der Waals surface area contributed by atoms with Crippen LogP contribution < -0.4 is 10.1 Å². The van der Waals surface area contributed by atoms with Gasteiger partial charge in [0.25, 0.3) is 0 Å². The summed E-state index contributed by atoms with van der Waals surface area (Å²) in [7, 11) is 0. The van der Waals surface area contributed by atoms with Gasteiger partial charge < -0.3 is 15.0 Å². The van der Waals surface area contributed by atoms with E-state index in [1.165, 1.54) is 43.7 Å². The first-order valence-electron chi connectivity index (χ1n) is 8.83. The Labute approximate surface area is 155 Å². The normalized spacial score (nSPS) is 15.8. The fraction of sp³-hybridized carbons (Fsp3) is 0.368. The molecule has 1 fully saturated rings. The molecule has 0 aliphatic heterocycles. The summed E-state index contributed by atoms with van der Waals surface area (Å²) in [6.45, 7) is 0. The fourth-order valence-corrected chi connectivity index (χ4v) is 3.11. The lowest BCUT2D eigenvalue weighted by Crippen LogP contribution is -2.34. The van der Waals surface area contributed by atoms with Crippen LogP contribution in [0.25, 0.3) is 17.3 Å². The summed E-state index contributed by atoms with van der Waals surface area (Å²) in [5.41, 5.74) is 1.09. The van der Waals surface area contributed by atoms with Gasteiger partial charge in [-0.15, -0.1) is 13.2 Å². The van der Waals surface area contributed by atoms with E-state index in [-0.39, 0.29) is 5.75 Å². The average molecular weight is 378 g/mol. The number of hydrogen-bond acceptors (Lipinski definition) is 3. The predicted octanol–water partition coefficient (Wildman–Crippen LogP) is 4.89. The number of nitrogens with one attached hydrogen (secondary N) is 3. The van der Waals surface area contributed by atoms with Crippen molar-refractivity contribution in [3.05, 3.63) is 42.4 Å². The molecule has 1 aromatic heterocycles. The lowest BCUT2D eigenvalue weighted by Gasteiger charge is -2.23. The number of halogens is 3. The molecule has 1 aromatic carbocycles. The highest BCUT2D eigenvalue weighted by Crippen LogP contribution is 2.27. The fourth-order valence-electron chi connectivity index (χ4n) is 3.11. The Morgan fingerprint density at radius 1 is 1.26 bits per heavy atom. The lowest BCUT2D eigenvalue weighted by molar-refractivity contribution is -0.274. The predicted molar refractivity (Wildman–Crippen MR) is 97.5 cm³/mol. The Morgan fingerprint density at radius 3 is 2.78 bits per heavy atom. The molecule has 27 heavy (non-hydrogen) atoms. The molecule has 1 aliphatic rings. The molecule has 0 saturated heterocycles. The third kappa shape index (κ3) is 5.87. The van der Waals surface area contributed by atoms with Gasteiger partial charge in [0.05, 0.1) is 11.9 Å². The molecule has 0 radical (unpaired) electrons. The first kappa shape index (κ1) is 19.0. The third-order valence-electron chi connectivity index (χ3n) is 4.35. The van der Waals surface area contributed by atoms with Crippen molar-refractivity contribution >= 4 is 11.9 Å². The third-order valence-corrected chi connectivity index (χ3v) is 4.35. The van der Waals surface area contributed by atoms with E-state index < -0.39 is 6.36 Å². The number of hydrogen-bond donors (Lipinski definition) is 3. The smallest absolute Gasteiger partial charge is 0.406 e. The number of aromatic nitrogens is 2. The largest absolute Gasteiger partial charge is 0.573 e. The van der Waals surface area contributed by atoms with E-state index in [1.807, 2.05) is 0 Å². The summed E-state index contributed by atoms with van der Waals surface area (Å²) in [4.78, 5) is 7.21. The molecule has 3 rings (SSSR count). The van der Waals surface area contributed by atoms with Crippen molar-refractivity contribution in [2.75, 3.05) is 0 Å². The zero-order valence-electron chi connectivity index (χ0n) is 14.6. The quantitative estimate of drug-likeness (QED) is 0.512. The van der Waals surface area contributed by atoms with Gasteiger partial charge in [0.15, 0.2) is 0 Å². The molecule has 0 amide bonds. The van der Waals surface area contributed by atoms with Crippen LogP contribution in [0.4, 0.5) is 13.2 Å². The topological polar surface area (TPSA) is 73.8 Å². The molecular weight excluding hydrogens is 357 g/mol. The van der Waals surface area contributed by atoms with Gasteiger partial charge in [-0.1, -0.05) is 31.4 Å². The zero-order valence-corrected chi connectivity index (χ0v) is 14.6. The Kier molecular flexibility index (Phi) is 5.83. The maximum absolute atomic E-state index is 12.3. The number of nitrogens with zero attached hydrogens (tertiary/aromatic N) is 1. The van der Waals surface area contributed by atoms with Crippen molar-refractivity contribution in [3.63, 3.8) is 0 Å². The Hall–Kier alpha value is -2.77. The molecule has 5 nitrogen and oxygen atoms in total. The molecular formula is C19H21F3N4O. The average Bonchev–Trinajstić information content (AvgIpc) is 3.09. The van der Waals surface area contributed by atoms with Crippen molar-refractivity contribution in [3.8, 4) is 17.0 Å². The van der Waals surface area contributed by atoms with Gasteiger partial charge in [-0.2, -0.15) is 0 Å². The number of rotatable bonds is 5. The first-order chi connectivity index (χ1) is 12.9. The lowest BCUT2D eigenvalue weighted by atomic mass is 9.95. The number of H-pyrrole nitrogens is 1. The van der Waals surface area contributed by atoms with E-state index in [1.54, 1.807) is 18.2 Å². The molecule has 0 bridgehead atoms. The molecule has 1 saturated carbocycles. The van der Waals surface area contributed by atoms with Gasteiger partial charge in [-0.25, -0.2) is 4.98 Å². The van der Waals surface area contributed by atoms with Crippen LogP contribution in [0, 0.1) is 5.41 Å².